The SMILES string of the molecule is Cc1ncc([C@@H](C)C(=O)O)s1. The molecule has 0 unspecified atom stereocenters. The second-order valence-corrected chi connectivity index (χ2v) is 3.61. The molecule has 0 saturated heterocycles. The molecule has 0 aliphatic carbocycles. The van der Waals surface area contributed by atoms with Gasteiger partial charge in [-0.3, -0.25) is 4.79 Å². The lowest BCUT2D eigenvalue weighted by molar-refractivity contribution is -0.138. The summed E-state index contributed by atoms with van der Waals surface area (Å²) in [5, 5.41) is 9.53. The lowest BCUT2D eigenvalue weighted by atomic mass is 10.2. The second kappa shape index (κ2) is 3.00. The van der Waals surface area contributed by atoms with Gasteiger partial charge in [0.25, 0.3) is 0 Å². The Balaban J connectivity index is 2.84. The number of aliphatic carboxylic acids is 1. The number of hydrogen-bond acceptors (Lipinski definition) is 3. The van der Waals surface area contributed by atoms with Gasteiger partial charge in [0.05, 0.1) is 10.9 Å². The number of nitrogens with zero attached hydrogens (tertiary/aromatic N) is 1. The van der Waals surface area contributed by atoms with Crippen LogP contribution in [0.2, 0.25) is 0 Å². The van der Waals surface area contributed by atoms with Gasteiger partial charge in [-0.05, 0) is 13.8 Å². The van der Waals surface area contributed by atoms with Crippen LogP contribution in [0.5, 0.6) is 0 Å². The van der Waals surface area contributed by atoms with Crippen LogP contribution in [-0.2, 0) is 4.79 Å². The molecule has 0 aromatic carbocycles. The van der Waals surface area contributed by atoms with Crippen molar-refractivity contribution >= 4 is 17.3 Å². The molecule has 1 aromatic heterocycles. The zero-order chi connectivity index (χ0) is 8.43. The molecule has 1 N–H and O–H groups in total. The summed E-state index contributed by atoms with van der Waals surface area (Å²) in [5.41, 5.74) is 0. The van der Waals surface area contributed by atoms with E-state index in [0.29, 0.717) is 0 Å². The Bertz CT molecular complexity index is 269. The quantitative estimate of drug-likeness (QED) is 0.735. The van der Waals surface area contributed by atoms with Crippen LogP contribution in [0, 0.1) is 6.92 Å². The third kappa shape index (κ3) is 1.77. The summed E-state index contributed by atoms with van der Waals surface area (Å²) in [6.07, 6.45) is 1.62. The molecule has 1 atom stereocenters. The minimum absolute atomic E-state index is 0.429. The number of thiazole rings is 1. The summed E-state index contributed by atoms with van der Waals surface area (Å²) in [6.45, 7) is 3.53. The van der Waals surface area contributed by atoms with E-state index in [4.69, 9.17) is 5.11 Å². The van der Waals surface area contributed by atoms with Crippen molar-refractivity contribution in [2.24, 2.45) is 0 Å². The summed E-state index contributed by atoms with van der Waals surface area (Å²) >= 11 is 1.43. The Kier molecular flexibility index (Phi) is 2.24. The van der Waals surface area contributed by atoms with Crippen LogP contribution in [0.15, 0.2) is 6.20 Å². The lowest BCUT2D eigenvalue weighted by Gasteiger charge is -1.99. The first-order valence-electron chi connectivity index (χ1n) is 3.26. The molecule has 60 valence electrons. The van der Waals surface area contributed by atoms with E-state index in [1.54, 1.807) is 13.1 Å². The number of aryl methyl sites for hydroxylation is 1. The van der Waals surface area contributed by atoms with Crippen molar-refractivity contribution in [1.29, 1.82) is 0 Å². The van der Waals surface area contributed by atoms with Crippen molar-refractivity contribution in [3.05, 3.63) is 16.1 Å². The van der Waals surface area contributed by atoms with Gasteiger partial charge in [0.1, 0.15) is 0 Å². The molecule has 0 spiro atoms. The summed E-state index contributed by atoms with van der Waals surface area (Å²) in [4.78, 5) is 15.3. The van der Waals surface area contributed by atoms with E-state index in [9.17, 15) is 4.79 Å². The smallest absolute Gasteiger partial charge is 0.311 e. The molecule has 0 saturated carbocycles. The van der Waals surface area contributed by atoms with E-state index in [2.05, 4.69) is 4.98 Å². The minimum atomic E-state index is -0.798. The van der Waals surface area contributed by atoms with Gasteiger partial charge in [-0.25, -0.2) is 4.98 Å². The largest absolute Gasteiger partial charge is 0.481 e. The van der Waals surface area contributed by atoms with Gasteiger partial charge in [-0.15, -0.1) is 11.3 Å². The molecule has 3 nitrogen and oxygen atoms in total. The third-order valence-electron chi connectivity index (χ3n) is 1.44. The van der Waals surface area contributed by atoms with E-state index in [1.807, 2.05) is 6.92 Å². The summed E-state index contributed by atoms with van der Waals surface area (Å²) in [5.74, 6) is -1.23. The molecule has 4 heteroatoms. The highest BCUT2D eigenvalue weighted by molar-refractivity contribution is 7.11. The van der Waals surface area contributed by atoms with Gasteiger partial charge in [-0.2, -0.15) is 0 Å². The number of aromatic nitrogens is 1. The number of carboxylic acids is 1. The fourth-order valence-electron chi connectivity index (χ4n) is 0.700. The lowest BCUT2D eigenvalue weighted by Crippen LogP contribution is -2.05. The van der Waals surface area contributed by atoms with Crippen LogP contribution in [0.3, 0.4) is 0 Å². The molecule has 1 aromatic rings. The Morgan fingerprint density at radius 1 is 1.82 bits per heavy atom. The molecule has 0 radical (unpaired) electrons. The Morgan fingerprint density at radius 2 is 2.45 bits per heavy atom. The van der Waals surface area contributed by atoms with Crippen molar-refractivity contribution in [2.45, 2.75) is 19.8 Å². The van der Waals surface area contributed by atoms with Gasteiger partial charge in [0.15, 0.2) is 0 Å². The zero-order valence-corrected chi connectivity index (χ0v) is 7.18. The Hall–Kier alpha value is -0.900. The average Bonchev–Trinajstić information content (AvgIpc) is 2.34. The number of carboxylic acid groups (broad SMARTS) is 1. The summed E-state index contributed by atoms with van der Waals surface area (Å²) in [7, 11) is 0. The second-order valence-electron chi connectivity index (χ2n) is 2.34. The van der Waals surface area contributed by atoms with E-state index in [1.165, 1.54) is 11.3 Å². The average molecular weight is 171 g/mol. The van der Waals surface area contributed by atoms with Crippen molar-refractivity contribution in [2.75, 3.05) is 0 Å². The molecule has 11 heavy (non-hydrogen) atoms. The highest BCUT2D eigenvalue weighted by Gasteiger charge is 2.15. The Morgan fingerprint density at radius 3 is 2.82 bits per heavy atom. The standard InChI is InChI=1S/C7H9NO2S/c1-4(7(9)10)6-3-8-5(2)11-6/h3-4H,1-2H3,(H,9,10)/t4-/m1/s1. The van der Waals surface area contributed by atoms with Crippen molar-refractivity contribution < 1.29 is 9.90 Å². The highest BCUT2D eigenvalue weighted by atomic mass is 32.1. The van der Waals surface area contributed by atoms with Gasteiger partial charge in [0, 0.05) is 11.1 Å². The van der Waals surface area contributed by atoms with Gasteiger partial charge >= 0.3 is 5.97 Å². The van der Waals surface area contributed by atoms with E-state index in [0.717, 1.165) is 9.88 Å². The molecule has 0 amide bonds. The maximum Gasteiger partial charge on any atom is 0.311 e. The molecule has 0 fully saturated rings. The van der Waals surface area contributed by atoms with Crippen LogP contribution in [0.1, 0.15) is 22.7 Å². The summed E-state index contributed by atoms with van der Waals surface area (Å²) < 4.78 is 0. The van der Waals surface area contributed by atoms with E-state index >= 15 is 0 Å². The Labute approximate surface area is 68.7 Å². The number of rotatable bonds is 2. The van der Waals surface area contributed by atoms with Gasteiger partial charge < -0.3 is 5.11 Å². The normalized spacial score (nSPS) is 12.9. The molecule has 0 bridgehead atoms. The third-order valence-corrected chi connectivity index (χ3v) is 2.53. The monoisotopic (exact) mass is 171 g/mol. The van der Waals surface area contributed by atoms with Crippen LogP contribution in [0.4, 0.5) is 0 Å². The van der Waals surface area contributed by atoms with Crippen LogP contribution in [0.25, 0.3) is 0 Å². The molecule has 0 aliphatic heterocycles. The highest BCUT2D eigenvalue weighted by Crippen LogP contribution is 2.21. The molecular weight excluding hydrogens is 162 g/mol. The predicted molar refractivity (Wildman–Crippen MR) is 42.9 cm³/mol. The van der Waals surface area contributed by atoms with Crippen LogP contribution in [-0.4, -0.2) is 16.1 Å². The van der Waals surface area contributed by atoms with Crippen LogP contribution < -0.4 is 0 Å². The maximum atomic E-state index is 10.5. The molecule has 0 aliphatic rings. The fourth-order valence-corrected chi connectivity index (χ4v) is 1.53. The number of carbonyl (C=O) groups is 1. The summed E-state index contributed by atoms with van der Waals surface area (Å²) in [6, 6.07) is 0. The van der Waals surface area contributed by atoms with Crippen LogP contribution >= 0.6 is 11.3 Å². The van der Waals surface area contributed by atoms with Gasteiger partial charge in [0.2, 0.25) is 0 Å². The van der Waals surface area contributed by atoms with Crippen molar-refractivity contribution in [1.82, 2.24) is 4.98 Å². The predicted octanol–water partition coefficient (Wildman–Crippen LogP) is 1.64. The van der Waals surface area contributed by atoms with E-state index < -0.39 is 11.9 Å². The first-order valence-corrected chi connectivity index (χ1v) is 4.08. The molecular formula is C7H9NO2S. The van der Waals surface area contributed by atoms with Crippen molar-refractivity contribution in [3.8, 4) is 0 Å². The minimum Gasteiger partial charge on any atom is -0.481 e. The topological polar surface area (TPSA) is 50.2 Å². The first kappa shape index (κ1) is 8.20. The number of hydrogen-bond donors (Lipinski definition) is 1. The van der Waals surface area contributed by atoms with E-state index in [-0.39, 0.29) is 0 Å². The zero-order valence-electron chi connectivity index (χ0n) is 6.37. The first-order chi connectivity index (χ1) is 5.11. The van der Waals surface area contributed by atoms with Crippen molar-refractivity contribution in [3.63, 3.8) is 0 Å². The maximum absolute atomic E-state index is 10.5. The molecule has 1 heterocycles. The molecule has 1 rings (SSSR count). The van der Waals surface area contributed by atoms with Gasteiger partial charge in [-0.1, -0.05) is 0 Å². The fraction of sp³-hybridized carbons (Fsp3) is 0.429.